The highest BCUT2D eigenvalue weighted by Crippen LogP contribution is 2.21. The Bertz CT molecular complexity index is 822. The fourth-order valence-corrected chi connectivity index (χ4v) is 3.22. The van der Waals surface area contributed by atoms with Crippen LogP contribution < -0.4 is 5.32 Å². The number of nitrogens with one attached hydrogen (secondary N) is 2. The topological polar surface area (TPSA) is 70.7 Å². The van der Waals surface area contributed by atoms with Crippen LogP contribution in [0.2, 0.25) is 0 Å². The molecule has 0 aliphatic heterocycles. The van der Waals surface area contributed by atoms with Crippen molar-refractivity contribution in [2.75, 3.05) is 0 Å². The molecule has 0 spiro atoms. The van der Waals surface area contributed by atoms with E-state index in [2.05, 4.69) is 20.3 Å². The first-order valence-corrected chi connectivity index (χ1v) is 8.21. The lowest BCUT2D eigenvalue weighted by atomic mass is 10.2. The van der Waals surface area contributed by atoms with Crippen LogP contribution >= 0.6 is 11.3 Å². The second-order valence-electron chi connectivity index (χ2n) is 5.39. The van der Waals surface area contributed by atoms with Crippen LogP contribution in [0.5, 0.6) is 0 Å². The van der Waals surface area contributed by atoms with E-state index in [0.717, 1.165) is 27.8 Å². The molecule has 0 saturated carbocycles. The quantitative estimate of drug-likeness (QED) is 0.769. The summed E-state index contributed by atoms with van der Waals surface area (Å²) in [6, 6.07) is 9.77. The fourth-order valence-electron chi connectivity index (χ4n) is 2.39. The van der Waals surface area contributed by atoms with Crippen molar-refractivity contribution in [2.45, 2.75) is 26.8 Å². The number of amides is 1. The molecule has 23 heavy (non-hydrogen) atoms. The summed E-state index contributed by atoms with van der Waals surface area (Å²) in [4.78, 5) is 25.0. The smallest absolute Gasteiger partial charge is 0.263 e. The van der Waals surface area contributed by atoms with Crippen molar-refractivity contribution in [3.63, 3.8) is 0 Å². The molecular weight excluding hydrogens is 308 g/mol. The molecule has 5 nitrogen and oxygen atoms in total. The maximum atomic E-state index is 12.4. The van der Waals surface area contributed by atoms with Gasteiger partial charge >= 0.3 is 0 Å². The van der Waals surface area contributed by atoms with Crippen molar-refractivity contribution in [1.82, 2.24) is 20.3 Å². The molecule has 0 aliphatic carbocycles. The van der Waals surface area contributed by atoms with Gasteiger partial charge in [-0.1, -0.05) is 30.3 Å². The zero-order chi connectivity index (χ0) is 16.4. The molecule has 2 aromatic heterocycles. The van der Waals surface area contributed by atoms with Gasteiger partial charge in [0.05, 0.1) is 28.6 Å². The number of carbonyl (C=O) groups excluding carboxylic acids is 1. The molecule has 3 aromatic rings. The molecule has 0 bridgehead atoms. The van der Waals surface area contributed by atoms with Gasteiger partial charge in [-0.05, 0) is 26.3 Å². The number of carbonyl (C=O) groups is 1. The van der Waals surface area contributed by atoms with Crippen LogP contribution in [-0.4, -0.2) is 20.9 Å². The second kappa shape index (κ2) is 6.34. The molecule has 2 heterocycles. The molecule has 0 saturated heterocycles. The summed E-state index contributed by atoms with van der Waals surface area (Å²) in [6.07, 6.45) is 1.79. The van der Waals surface area contributed by atoms with Crippen molar-refractivity contribution >= 4 is 17.2 Å². The first-order chi connectivity index (χ1) is 11.0. The first-order valence-electron chi connectivity index (χ1n) is 7.40. The average molecular weight is 326 g/mol. The molecule has 1 unspecified atom stereocenters. The van der Waals surface area contributed by atoms with Gasteiger partial charge in [-0.2, -0.15) is 0 Å². The number of rotatable bonds is 4. The van der Waals surface area contributed by atoms with Crippen molar-refractivity contribution in [3.05, 3.63) is 57.9 Å². The third-order valence-electron chi connectivity index (χ3n) is 3.55. The van der Waals surface area contributed by atoms with E-state index >= 15 is 0 Å². The molecule has 1 amide bonds. The minimum atomic E-state index is -0.207. The summed E-state index contributed by atoms with van der Waals surface area (Å²) in [7, 11) is 0. The minimum absolute atomic E-state index is 0.113. The molecule has 3 rings (SSSR count). The number of H-pyrrole nitrogens is 1. The molecule has 118 valence electrons. The highest BCUT2D eigenvalue weighted by atomic mass is 32.1. The van der Waals surface area contributed by atoms with Crippen LogP contribution in [0.3, 0.4) is 0 Å². The lowest BCUT2D eigenvalue weighted by Crippen LogP contribution is -2.27. The van der Waals surface area contributed by atoms with E-state index in [1.165, 1.54) is 11.3 Å². The third-order valence-corrected chi connectivity index (χ3v) is 4.62. The molecule has 6 heteroatoms. The Morgan fingerprint density at radius 3 is 2.65 bits per heavy atom. The second-order valence-corrected chi connectivity index (χ2v) is 6.59. The van der Waals surface area contributed by atoms with Crippen LogP contribution in [0, 0.1) is 13.8 Å². The first kappa shape index (κ1) is 15.4. The van der Waals surface area contributed by atoms with Crippen LogP contribution in [0.15, 0.2) is 36.5 Å². The van der Waals surface area contributed by atoms with Crippen molar-refractivity contribution in [1.29, 1.82) is 0 Å². The summed E-state index contributed by atoms with van der Waals surface area (Å²) >= 11 is 1.41. The molecule has 1 atom stereocenters. The Morgan fingerprint density at radius 2 is 2.00 bits per heavy atom. The van der Waals surface area contributed by atoms with Crippen LogP contribution in [0.25, 0.3) is 11.3 Å². The van der Waals surface area contributed by atoms with E-state index in [1.807, 2.05) is 51.1 Å². The minimum Gasteiger partial charge on any atom is -0.342 e. The molecule has 0 fully saturated rings. The third kappa shape index (κ3) is 3.32. The van der Waals surface area contributed by atoms with E-state index in [9.17, 15) is 4.79 Å². The monoisotopic (exact) mass is 326 g/mol. The van der Waals surface area contributed by atoms with Gasteiger partial charge in [0.2, 0.25) is 0 Å². The van der Waals surface area contributed by atoms with Crippen LogP contribution in [0.4, 0.5) is 0 Å². The predicted molar refractivity (Wildman–Crippen MR) is 91.5 cm³/mol. The number of aryl methyl sites for hydroxylation is 2. The van der Waals surface area contributed by atoms with Gasteiger partial charge < -0.3 is 10.3 Å². The molecule has 1 aromatic carbocycles. The summed E-state index contributed by atoms with van der Waals surface area (Å²) in [6.45, 7) is 5.66. The normalized spacial score (nSPS) is 12.1. The Morgan fingerprint density at radius 1 is 1.26 bits per heavy atom. The van der Waals surface area contributed by atoms with E-state index in [-0.39, 0.29) is 11.9 Å². The van der Waals surface area contributed by atoms with Crippen LogP contribution in [0.1, 0.15) is 39.2 Å². The lowest BCUT2D eigenvalue weighted by molar-refractivity contribution is 0.0941. The zero-order valence-electron chi connectivity index (χ0n) is 13.3. The number of nitrogens with zero attached hydrogens (tertiary/aromatic N) is 2. The lowest BCUT2D eigenvalue weighted by Gasteiger charge is -2.10. The predicted octanol–water partition coefficient (Wildman–Crippen LogP) is 3.64. The van der Waals surface area contributed by atoms with Crippen molar-refractivity contribution in [3.8, 4) is 11.3 Å². The largest absolute Gasteiger partial charge is 0.342 e. The number of imidazole rings is 1. The number of thiazole rings is 1. The number of aromatic nitrogens is 3. The molecular formula is C17H18N4OS. The van der Waals surface area contributed by atoms with Gasteiger partial charge in [0.15, 0.2) is 0 Å². The van der Waals surface area contributed by atoms with Gasteiger partial charge in [-0.15, -0.1) is 11.3 Å². The number of aromatic amines is 1. The maximum absolute atomic E-state index is 12.4. The van der Waals surface area contributed by atoms with Gasteiger partial charge in [0.1, 0.15) is 10.7 Å². The Hall–Kier alpha value is -2.47. The highest BCUT2D eigenvalue weighted by molar-refractivity contribution is 7.13. The van der Waals surface area contributed by atoms with Gasteiger partial charge in [0, 0.05) is 0 Å². The summed E-state index contributed by atoms with van der Waals surface area (Å²) in [5.41, 5.74) is 2.77. The SMILES string of the molecule is Cc1nc(C)c(C(=O)NC(C)c2ncc(-c3ccccc3)[nH]2)s1. The van der Waals surface area contributed by atoms with Crippen molar-refractivity contribution < 1.29 is 4.79 Å². The molecule has 0 aliphatic rings. The van der Waals surface area contributed by atoms with Gasteiger partial charge in [0.25, 0.3) is 5.91 Å². The Kier molecular flexibility index (Phi) is 4.25. The summed E-state index contributed by atoms with van der Waals surface area (Å²) in [5.74, 6) is 0.620. The maximum Gasteiger partial charge on any atom is 0.263 e. The number of hydrogen-bond donors (Lipinski definition) is 2. The van der Waals surface area contributed by atoms with Crippen LogP contribution in [-0.2, 0) is 0 Å². The summed E-state index contributed by atoms with van der Waals surface area (Å²) < 4.78 is 0. The zero-order valence-corrected chi connectivity index (χ0v) is 14.1. The number of hydrogen-bond acceptors (Lipinski definition) is 4. The van der Waals surface area contributed by atoms with Gasteiger partial charge in [-0.3, -0.25) is 4.79 Å². The Labute approximate surface area is 138 Å². The van der Waals surface area contributed by atoms with E-state index in [1.54, 1.807) is 6.20 Å². The van der Waals surface area contributed by atoms with Crippen molar-refractivity contribution in [2.24, 2.45) is 0 Å². The van der Waals surface area contributed by atoms with E-state index < -0.39 is 0 Å². The van der Waals surface area contributed by atoms with E-state index in [0.29, 0.717) is 4.88 Å². The van der Waals surface area contributed by atoms with E-state index in [4.69, 9.17) is 0 Å². The van der Waals surface area contributed by atoms with Gasteiger partial charge in [-0.25, -0.2) is 9.97 Å². The number of benzene rings is 1. The highest BCUT2D eigenvalue weighted by Gasteiger charge is 2.18. The standard InChI is InChI=1S/C17H18N4OS/c1-10-15(23-12(3)19-10)17(22)20-11(2)16-18-9-14(21-16)13-7-5-4-6-8-13/h4-9,11H,1-3H3,(H,18,21)(H,20,22). The molecule has 0 radical (unpaired) electrons. The molecule has 2 N–H and O–H groups in total. The average Bonchev–Trinajstić information content (AvgIpc) is 3.15. The Balaban J connectivity index is 1.74. The summed E-state index contributed by atoms with van der Waals surface area (Å²) in [5, 5.41) is 3.86. The fraction of sp³-hybridized carbons (Fsp3) is 0.235.